The highest BCUT2D eigenvalue weighted by molar-refractivity contribution is 6.53. The van der Waals surface area contributed by atoms with E-state index in [0.717, 1.165) is 55.4 Å². The van der Waals surface area contributed by atoms with Crippen LogP contribution in [-0.2, 0) is 4.79 Å². The highest BCUT2D eigenvalue weighted by atomic mass is 16.5. The van der Waals surface area contributed by atoms with Gasteiger partial charge in [-0.3, -0.25) is 19.4 Å². The van der Waals surface area contributed by atoms with Gasteiger partial charge in [-0.25, -0.2) is 0 Å². The van der Waals surface area contributed by atoms with E-state index in [1.165, 1.54) is 5.57 Å². The fraction of sp³-hybridized carbons (Fsp3) is 0.360. The number of ketones is 1. The average Bonchev–Trinajstić information content (AvgIpc) is 3.04. The summed E-state index contributed by atoms with van der Waals surface area (Å²) >= 11 is 0. The molecular formula is C25H27N3O3. The monoisotopic (exact) mass is 417 g/mol. The molecule has 0 bridgehead atoms. The number of anilines is 2. The van der Waals surface area contributed by atoms with Gasteiger partial charge in [-0.05, 0) is 37.6 Å². The largest absolute Gasteiger partial charge is 0.495 e. The zero-order valence-electron chi connectivity index (χ0n) is 18.2. The van der Waals surface area contributed by atoms with E-state index in [2.05, 4.69) is 21.9 Å². The lowest BCUT2D eigenvalue weighted by atomic mass is 9.88. The Morgan fingerprint density at radius 2 is 1.65 bits per heavy atom. The summed E-state index contributed by atoms with van der Waals surface area (Å²) in [7, 11) is 1.71. The van der Waals surface area contributed by atoms with E-state index in [-0.39, 0.29) is 0 Å². The SMILES string of the molecule is COc1ccccc1N1CCN(CC2=CC(C)(C)N3C(=O)C(=O)c4cccc2c43)CC1. The van der Waals surface area contributed by atoms with Crippen molar-refractivity contribution in [3.05, 3.63) is 59.7 Å². The van der Waals surface area contributed by atoms with Crippen LogP contribution in [-0.4, -0.2) is 62.0 Å². The van der Waals surface area contributed by atoms with Gasteiger partial charge in [0.05, 0.1) is 29.6 Å². The van der Waals surface area contributed by atoms with Crippen molar-refractivity contribution in [1.82, 2.24) is 4.90 Å². The summed E-state index contributed by atoms with van der Waals surface area (Å²) < 4.78 is 5.53. The topological polar surface area (TPSA) is 53.1 Å². The molecule has 1 fully saturated rings. The number of para-hydroxylation sites is 3. The molecule has 0 saturated carbocycles. The Morgan fingerprint density at radius 1 is 0.935 bits per heavy atom. The van der Waals surface area contributed by atoms with Gasteiger partial charge in [0.15, 0.2) is 0 Å². The maximum Gasteiger partial charge on any atom is 0.300 e. The predicted octanol–water partition coefficient (Wildman–Crippen LogP) is 3.22. The molecule has 3 aliphatic rings. The molecule has 6 heteroatoms. The third-order valence-electron chi connectivity index (χ3n) is 6.54. The van der Waals surface area contributed by atoms with E-state index in [1.54, 1.807) is 18.1 Å². The van der Waals surface area contributed by atoms with E-state index in [9.17, 15) is 9.59 Å². The molecule has 6 nitrogen and oxygen atoms in total. The van der Waals surface area contributed by atoms with Gasteiger partial charge in [0.2, 0.25) is 0 Å². The highest BCUT2D eigenvalue weighted by Gasteiger charge is 2.46. The van der Waals surface area contributed by atoms with E-state index in [4.69, 9.17) is 4.74 Å². The summed E-state index contributed by atoms with van der Waals surface area (Å²) in [5.74, 6) is 0.0835. The molecule has 0 aliphatic carbocycles. The van der Waals surface area contributed by atoms with Crippen LogP contribution in [0, 0.1) is 0 Å². The number of nitrogens with zero attached hydrogens (tertiary/aromatic N) is 3. The van der Waals surface area contributed by atoms with Crippen LogP contribution in [0.15, 0.2) is 48.5 Å². The zero-order chi connectivity index (χ0) is 21.8. The number of amides is 1. The number of Topliss-reactive ketones (excluding diaryl/α,β-unsaturated/α-hetero) is 1. The maximum absolute atomic E-state index is 12.6. The van der Waals surface area contributed by atoms with Crippen LogP contribution in [0.5, 0.6) is 5.75 Å². The van der Waals surface area contributed by atoms with Gasteiger partial charge in [0, 0.05) is 38.3 Å². The summed E-state index contributed by atoms with van der Waals surface area (Å²) in [4.78, 5) is 31.6. The average molecular weight is 418 g/mol. The van der Waals surface area contributed by atoms with Crippen molar-refractivity contribution in [3.8, 4) is 5.75 Å². The molecule has 3 heterocycles. The van der Waals surface area contributed by atoms with E-state index >= 15 is 0 Å². The number of hydrogen-bond acceptors (Lipinski definition) is 5. The Hall–Kier alpha value is -3.12. The normalized spacial score (nSPS) is 20.0. The highest BCUT2D eigenvalue weighted by Crippen LogP contribution is 2.45. The summed E-state index contributed by atoms with van der Waals surface area (Å²) in [5.41, 5.74) is 4.11. The Bertz CT molecular complexity index is 1100. The second-order valence-corrected chi connectivity index (χ2v) is 8.93. The zero-order valence-corrected chi connectivity index (χ0v) is 18.2. The number of carbonyl (C=O) groups excluding carboxylic acids is 2. The second kappa shape index (κ2) is 7.24. The Kier molecular flexibility index (Phi) is 4.63. The van der Waals surface area contributed by atoms with E-state index < -0.39 is 17.2 Å². The molecule has 0 spiro atoms. The molecule has 1 saturated heterocycles. The van der Waals surface area contributed by atoms with Crippen molar-refractivity contribution < 1.29 is 14.3 Å². The molecular weight excluding hydrogens is 390 g/mol. The van der Waals surface area contributed by atoms with Crippen molar-refractivity contribution >= 4 is 28.6 Å². The molecule has 0 radical (unpaired) electrons. The Labute approximate surface area is 182 Å². The lowest BCUT2D eigenvalue weighted by Crippen LogP contribution is -2.49. The van der Waals surface area contributed by atoms with Crippen LogP contribution in [0.4, 0.5) is 11.4 Å². The van der Waals surface area contributed by atoms with Crippen molar-refractivity contribution in [2.24, 2.45) is 0 Å². The maximum atomic E-state index is 12.6. The number of benzene rings is 2. The van der Waals surface area contributed by atoms with Gasteiger partial charge in [0.25, 0.3) is 11.7 Å². The van der Waals surface area contributed by atoms with Gasteiger partial charge in [-0.2, -0.15) is 0 Å². The van der Waals surface area contributed by atoms with Crippen LogP contribution < -0.4 is 14.5 Å². The van der Waals surface area contributed by atoms with Crippen molar-refractivity contribution in [1.29, 1.82) is 0 Å². The fourth-order valence-corrected chi connectivity index (χ4v) is 5.07. The minimum atomic E-state index is -0.527. The van der Waals surface area contributed by atoms with Crippen LogP contribution in [0.25, 0.3) is 5.57 Å². The molecule has 0 N–H and O–H groups in total. The standard InChI is InChI=1S/C25H27N3O3/c1-25(2)15-17(18-7-6-8-19-22(18)28(25)24(30)23(19)29)16-26-11-13-27(14-12-26)20-9-4-5-10-21(20)31-3/h4-10,15H,11-14,16H2,1-3H3. The summed E-state index contributed by atoms with van der Waals surface area (Å²) in [6.07, 6.45) is 2.15. The Balaban J connectivity index is 1.37. The smallest absolute Gasteiger partial charge is 0.300 e. The first-order valence-electron chi connectivity index (χ1n) is 10.7. The first kappa shape index (κ1) is 19.8. The van der Waals surface area contributed by atoms with Crippen LogP contribution in [0.2, 0.25) is 0 Å². The fourth-order valence-electron chi connectivity index (χ4n) is 5.07. The summed E-state index contributed by atoms with van der Waals surface area (Å²) in [6, 6.07) is 13.8. The predicted molar refractivity (Wildman–Crippen MR) is 122 cm³/mol. The molecule has 160 valence electrons. The van der Waals surface area contributed by atoms with Crippen molar-refractivity contribution in [3.63, 3.8) is 0 Å². The van der Waals surface area contributed by atoms with Gasteiger partial charge in [-0.15, -0.1) is 0 Å². The summed E-state index contributed by atoms with van der Waals surface area (Å²) in [6.45, 7) is 8.53. The number of piperazine rings is 1. The lowest BCUT2D eigenvalue weighted by molar-refractivity contribution is -0.115. The lowest BCUT2D eigenvalue weighted by Gasteiger charge is -2.41. The number of hydrogen-bond donors (Lipinski definition) is 0. The van der Waals surface area contributed by atoms with Gasteiger partial charge < -0.3 is 9.64 Å². The number of rotatable bonds is 4. The molecule has 2 aromatic carbocycles. The second-order valence-electron chi connectivity index (χ2n) is 8.93. The number of carbonyl (C=O) groups is 2. The molecule has 0 atom stereocenters. The molecule has 3 aliphatic heterocycles. The van der Waals surface area contributed by atoms with Gasteiger partial charge in [-0.1, -0.05) is 30.3 Å². The minimum Gasteiger partial charge on any atom is -0.495 e. The molecule has 2 aromatic rings. The molecule has 5 rings (SSSR count). The summed E-state index contributed by atoms with van der Waals surface area (Å²) in [5, 5.41) is 0. The van der Waals surface area contributed by atoms with Gasteiger partial charge in [0.1, 0.15) is 5.75 Å². The van der Waals surface area contributed by atoms with E-state index in [1.807, 2.05) is 44.2 Å². The third kappa shape index (κ3) is 3.13. The first-order chi connectivity index (χ1) is 14.9. The van der Waals surface area contributed by atoms with Crippen molar-refractivity contribution in [2.45, 2.75) is 19.4 Å². The van der Waals surface area contributed by atoms with Crippen LogP contribution in [0.3, 0.4) is 0 Å². The van der Waals surface area contributed by atoms with Crippen LogP contribution in [0.1, 0.15) is 29.8 Å². The molecule has 31 heavy (non-hydrogen) atoms. The molecule has 0 aromatic heterocycles. The number of methoxy groups -OCH3 is 1. The first-order valence-corrected chi connectivity index (χ1v) is 10.7. The Morgan fingerprint density at radius 3 is 2.39 bits per heavy atom. The number of ether oxygens (including phenoxy) is 1. The third-order valence-corrected chi connectivity index (χ3v) is 6.54. The van der Waals surface area contributed by atoms with E-state index in [0.29, 0.717) is 5.56 Å². The van der Waals surface area contributed by atoms with Gasteiger partial charge >= 0.3 is 0 Å². The quantitative estimate of drug-likeness (QED) is 0.715. The minimum absolute atomic E-state index is 0.398. The molecule has 0 unspecified atom stereocenters. The van der Waals surface area contributed by atoms with Crippen molar-refractivity contribution in [2.75, 3.05) is 49.6 Å². The van der Waals surface area contributed by atoms with Crippen LogP contribution >= 0.6 is 0 Å². The molecule has 1 amide bonds.